The Labute approximate surface area is 134 Å². The number of benzene rings is 2. The quantitative estimate of drug-likeness (QED) is 0.597. The van der Waals surface area contributed by atoms with Crippen LogP contribution < -0.4 is 0 Å². The average molecular weight is 314 g/mol. The predicted octanol–water partition coefficient (Wildman–Crippen LogP) is 3.14. The van der Waals surface area contributed by atoms with Crippen LogP contribution in [0.2, 0.25) is 0 Å². The van der Waals surface area contributed by atoms with E-state index in [1.54, 1.807) is 42.5 Å². The average Bonchev–Trinajstić information content (AvgIpc) is 2.46. The Bertz CT molecular complexity index is 682. The largest absolute Gasteiger partial charge is 0.508 e. The van der Waals surface area contributed by atoms with E-state index in [-0.39, 0.29) is 28.8 Å². The molecule has 5 heteroatoms. The summed E-state index contributed by atoms with van der Waals surface area (Å²) in [6.45, 7) is 2.50. The molecular formula is C18H18O5. The molecule has 0 spiro atoms. The van der Waals surface area contributed by atoms with Gasteiger partial charge in [0.15, 0.2) is 11.6 Å². The van der Waals surface area contributed by atoms with Gasteiger partial charge in [-0.1, -0.05) is 24.3 Å². The van der Waals surface area contributed by atoms with Crippen LogP contribution in [0.4, 0.5) is 0 Å². The van der Waals surface area contributed by atoms with Crippen LogP contribution in [0.3, 0.4) is 0 Å². The molecule has 0 aliphatic heterocycles. The van der Waals surface area contributed by atoms with E-state index in [0.717, 1.165) is 5.56 Å². The van der Waals surface area contributed by atoms with Gasteiger partial charge in [-0.2, -0.15) is 0 Å². The van der Waals surface area contributed by atoms with Crippen LogP contribution in [-0.2, 0) is 9.59 Å². The zero-order valence-corrected chi connectivity index (χ0v) is 12.9. The Morgan fingerprint density at radius 3 is 1.57 bits per heavy atom. The lowest BCUT2D eigenvalue weighted by Crippen LogP contribution is -2.01. The van der Waals surface area contributed by atoms with E-state index in [0.29, 0.717) is 5.56 Å². The molecule has 2 rings (SSSR count). The van der Waals surface area contributed by atoms with Crippen molar-refractivity contribution in [3.63, 3.8) is 0 Å². The zero-order valence-electron chi connectivity index (χ0n) is 12.9. The van der Waals surface area contributed by atoms with Gasteiger partial charge in [0.1, 0.15) is 17.2 Å². The number of Topliss-reactive ketones (excluding diaryl/α,β-unsaturated/α-hetero) is 2. The molecule has 120 valence electrons. The van der Waals surface area contributed by atoms with Gasteiger partial charge < -0.3 is 15.3 Å². The smallest absolute Gasteiger partial charge is 0.195 e. The second kappa shape index (κ2) is 8.38. The van der Waals surface area contributed by atoms with Gasteiger partial charge in [0.05, 0.1) is 0 Å². The van der Waals surface area contributed by atoms with E-state index in [9.17, 15) is 19.8 Å². The summed E-state index contributed by atoms with van der Waals surface area (Å²) in [6, 6.07) is 11.1. The minimum atomic E-state index is -0.380. The molecule has 0 bridgehead atoms. The summed E-state index contributed by atoms with van der Waals surface area (Å²) in [5, 5.41) is 27.7. The molecule has 0 fully saturated rings. The second-order valence-electron chi connectivity index (χ2n) is 4.82. The highest BCUT2D eigenvalue weighted by atomic mass is 16.3. The fourth-order valence-corrected chi connectivity index (χ4v) is 1.49. The van der Waals surface area contributed by atoms with Gasteiger partial charge in [-0.15, -0.1) is 0 Å². The van der Waals surface area contributed by atoms with Crippen LogP contribution in [0.15, 0.2) is 42.5 Å². The van der Waals surface area contributed by atoms with Gasteiger partial charge in [-0.05, 0) is 35.4 Å². The fourth-order valence-electron chi connectivity index (χ4n) is 1.49. The molecule has 0 unspecified atom stereocenters. The van der Waals surface area contributed by atoms with Crippen molar-refractivity contribution in [2.45, 2.75) is 13.8 Å². The maximum atomic E-state index is 9.79. The summed E-state index contributed by atoms with van der Waals surface area (Å²) in [4.78, 5) is 19.6. The zero-order chi connectivity index (χ0) is 17.4. The molecule has 23 heavy (non-hydrogen) atoms. The SMILES string of the molecule is CC(=O)C(C)=O.Oc1ccc(C=Cc2cc(O)cc(O)c2)cc1. The molecule has 0 heterocycles. The van der Waals surface area contributed by atoms with Gasteiger partial charge in [0, 0.05) is 19.9 Å². The molecule has 5 nitrogen and oxygen atoms in total. The molecule has 0 saturated heterocycles. The summed E-state index contributed by atoms with van der Waals surface area (Å²) in [5.74, 6) is -0.493. The Kier molecular flexibility index (Phi) is 6.55. The van der Waals surface area contributed by atoms with Crippen molar-refractivity contribution in [1.82, 2.24) is 0 Å². The third-order valence-electron chi connectivity index (χ3n) is 2.78. The first kappa shape index (κ1) is 18.0. The van der Waals surface area contributed by atoms with Crippen molar-refractivity contribution in [2.75, 3.05) is 0 Å². The molecule has 0 radical (unpaired) electrons. The third kappa shape index (κ3) is 6.95. The topological polar surface area (TPSA) is 94.8 Å². The lowest BCUT2D eigenvalue weighted by atomic mass is 10.1. The number of carbonyl (C=O) groups is 2. The number of carbonyl (C=O) groups excluding carboxylic acids is 2. The number of aromatic hydroxyl groups is 3. The summed E-state index contributed by atoms with van der Waals surface area (Å²) >= 11 is 0. The molecule has 2 aromatic carbocycles. The van der Waals surface area contributed by atoms with Crippen LogP contribution in [0, 0.1) is 0 Å². The molecule has 0 amide bonds. The maximum Gasteiger partial charge on any atom is 0.195 e. The summed E-state index contributed by atoms with van der Waals surface area (Å²) < 4.78 is 0. The van der Waals surface area contributed by atoms with Gasteiger partial charge >= 0.3 is 0 Å². The molecular weight excluding hydrogens is 296 g/mol. The molecule has 3 N–H and O–H groups in total. The van der Waals surface area contributed by atoms with E-state index in [2.05, 4.69) is 0 Å². The van der Waals surface area contributed by atoms with Crippen molar-refractivity contribution >= 4 is 23.7 Å². The molecule has 0 aliphatic carbocycles. The van der Waals surface area contributed by atoms with Crippen molar-refractivity contribution in [1.29, 1.82) is 0 Å². The highest BCUT2D eigenvalue weighted by molar-refractivity contribution is 6.35. The van der Waals surface area contributed by atoms with Crippen LogP contribution in [0.5, 0.6) is 17.2 Å². The number of phenols is 3. The predicted molar refractivity (Wildman–Crippen MR) is 88.2 cm³/mol. The Morgan fingerprint density at radius 1 is 0.696 bits per heavy atom. The molecule has 2 aromatic rings. The van der Waals surface area contributed by atoms with Crippen LogP contribution in [0.1, 0.15) is 25.0 Å². The first-order valence-corrected chi connectivity index (χ1v) is 6.79. The van der Waals surface area contributed by atoms with Gasteiger partial charge in [-0.3, -0.25) is 9.59 Å². The van der Waals surface area contributed by atoms with E-state index in [1.165, 1.54) is 19.9 Å². The summed E-state index contributed by atoms with van der Waals surface area (Å²) in [6.07, 6.45) is 3.60. The highest BCUT2D eigenvalue weighted by Gasteiger charge is 1.96. The number of phenolic OH excluding ortho intramolecular Hbond substituents is 3. The number of hydrogen-bond acceptors (Lipinski definition) is 5. The molecule has 0 atom stereocenters. The first-order chi connectivity index (χ1) is 10.8. The normalized spacial score (nSPS) is 10.0. The number of hydrogen-bond donors (Lipinski definition) is 3. The Hall–Kier alpha value is -3.08. The summed E-state index contributed by atoms with van der Waals surface area (Å²) in [7, 11) is 0. The molecule has 0 saturated carbocycles. The van der Waals surface area contributed by atoms with E-state index in [4.69, 9.17) is 5.11 Å². The number of rotatable bonds is 3. The number of ketones is 2. The minimum absolute atomic E-state index is 0.0235. The van der Waals surface area contributed by atoms with Gasteiger partial charge in [0.2, 0.25) is 0 Å². The van der Waals surface area contributed by atoms with Gasteiger partial charge in [0.25, 0.3) is 0 Å². The first-order valence-electron chi connectivity index (χ1n) is 6.79. The third-order valence-corrected chi connectivity index (χ3v) is 2.78. The van der Waals surface area contributed by atoms with E-state index in [1.807, 2.05) is 6.08 Å². The fraction of sp³-hybridized carbons (Fsp3) is 0.111. The lowest BCUT2D eigenvalue weighted by molar-refractivity contribution is -0.134. The Balaban J connectivity index is 0.000000379. The molecule has 0 aromatic heterocycles. The van der Waals surface area contributed by atoms with E-state index >= 15 is 0 Å². The molecule has 0 aliphatic rings. The van der Waals surface area contributed by atoms with Crippen LogP contribution in [0.25, 0.3) is 12.2 Å². The van der Waals surface area contributed by atoms with Gasteiger partial charge in [-0.25, -0.2) is 0 Å². The van der Waals surface area contributed by atoms with Crippen molar-refractivity contribution in [2.24, 2.45) is 0 Å². The lowest BCUT2D eigenvalue weighted by Gasteiger charge is -1.98. The second-order valence-corrected chi connectivity index (χ2v) is 4.82. The minimum Gasteiger partial charge on any atom is -0.508 e. The highest BCUT2D eigenvalue weighted by Crippen LogP contribution is 2.22. The van der Waals surface area contributed by atoms with E-state index < -0.39 is 0 Å². The van der Waals surface area contributed by atoms with Crippen LogP contribution in [-0.4, -0.2) is 26.9 Å². The summed E-state index contributed by atoms with van der Waals surface area (Å²) in [5.41, 5.74) is 1.63. The Morgan fingerprint density at radius 2 is 1.13 bits per heavy atom. The monoisotopic (exact) mass is 314 g/mol. The van der Waals surface area contributed by atoms with Crippen LogP contribution >= 0.6 is 0 Å². The van der Waals surface area contributed by atoms with Crippen molar-refractivity contribution in [3.8, 4) is 17.2 Å². The standard InChI is InChI=1S/C14H12O3.C4H6O2/c15-12-5-3-10(4-6-12)1-2-11-7-13(16)9-14(17)8-11;1-3(5)4(2)6/h1-9,15-17H;1-2H3. The van der Waals surface area contributed by atoms with Crippen molar-refractivity contribution in [3.05, 3.63) is 53.6 Å². The van der Waals surface area contributed by atoms with Crippen molar-refractivity contribution < 1.29 is 24.9 Å². The maximum absolute atomic E-state index is 9.79.